The molecule has 0 saturated heterocycles. The van der Waals surface area contributed by atoms with Gasteiger partial charge in [0, 0.05) is 18.7 Å². The molecule has 1 aliphatic rings. The summed E-state index contributed by atoms with van der Waals surface area (Å²) in [6, 6.07) is 7.58. The van der Waals surface area contributed by atoms with Crippen molar-refractivity contribution in [3.8, 4) is 0 Å². The van der Waals surface area contributed by atoms with Gasteiger partial charge >= 0.3 is 0 Å². The van der Waals surface area contributed by atoms with Crippen LogP contribution in [0.1, 0.15) is 50.5 Å². The summed E-state index contributed by atoms with van der Waals surface area (Å²) in [5.41, 5.74) is 6.10. The van der Waals surface area contributed by atoms with E-state index in [0.717, 1.165) is 30.5 Å². The van der Waals surface area contributed by atoms with Gasteiger partial charge in [-0.05, 0) is 37.5 Å². The summed E-state index contributed by atoms with van der Waals surface area (Å²) in [6.45, 7) is 2.20. The number of hydrogen-bond acceptors (Lipinski definition) is 3. The van der Waals surface area contributed by atoms with E-state index in [-0.39, 0.29) is 25.3 Å². The molecule has 2 rings (SSSR count). The van der Waals surface area contributed by atoms with Gasteiger partial charge in [-0.1, -0.05) is 31.4 Å². The summed E-state index contributed by atoms with van der Waals surface area (Å²) >= 11 is 0. The van der Waals surface area contributed by atoms with Crippen LogP contribution in [0.15, 0.2) is 24.3 Å². The fourth-order valence-electron chi connectivity index (χ4n) is 3.18. The quantitative estimate of drug-likeness (QED) is 0.844. The average molecular weight is 318 g/mol. The van der Waals surface area contributed by atoms with E-state index >= 15 is 0 Å². The normalized spacial score (nSPS) is 16.8. The topological polar surface area (TPSA) is 83.6 Å². The molecule has 1 fully saturated rings. The molecule has 1 saturated carbocycles. The fourth-order valence-corrected chi connectivity index (χ4v) is 3.18. The molecule has 0 spiro atoms. The number of hydrogen-bond donors (Lipinski definition) is 2. The lowest BCUT2D eigenvalue weighted by Gasteiger charge is -2.33. The van der Waals surface area contributed by atoms with Crippen molar-refractivity contribution in [2.75, 3.05) is 11.4 Å². The van der Waals surface area contributed by atoms with Crippen LogP contribution < -0.4 is 10.6 Å². The number of carbonyl (C=O) groups is 2. The zero-order valence-corrected chi connectivity index (χ0v) is 13.8. The van der Waals surface area contributed by atoms with Gasteiger partial charge in [0.2, 0.25) is 11.8 Å². The molecule has 0 aromatic heterocycles. The largest absolute Gasteiger partial charge is 0.389 e. The van der Waals surface area contributed by atoms with Crippen LogP contribution in [-0.2, 0) is 9.59 Å². The first-order chi connectivity index (χ1) is 10.9. The van der Waals surface area contributed by atoms with Crippen molar-refractivity contribution >= 4 is 17.5 Å². The summed E-state index contributed by atoms with van der Waals surface area (Å²) in [7, 11) is 0. The summed E-state index contributed by atoms with van der Waals surface area (Å²) in [5.74, 6) is -0.590. The molecule has 0 atom stereocenters. The van der Waals surface area contributed by atoms with Crippen molar-refractivity contribution in [2.45, 2.75) is 57.5 Å². The number of benzene rings is 1. The zero-order chi connectivity index (χ0) is 16.9. The molecule has 1 aromatic rings. The van der Waals surface area contributed by atoms with Crippen molar-refractivity contribution in [3.05, 3.63) is 29.8 Å². The molecule has 2 amide bonds. The predicted molar refractivity (Wildman–Crippen MR) is 90.0 cm³/mol. The average Bonchev–Trinajstić information content (AvgIpc) is 2.47. The van der Waals surface area contributed by atoms with Crippen LogP contribution in [-0.4, -0.2) is 29.1 Å². The first kappa shape index (κ1) is 17.5. The van der Waals surface area contributed by atoms with Crippen LogP contribution in [0.2, 0.25) is 0 Å². The van der Waals surface area contributed by atoms with Gasteiger partial charge < -0.3 is 15.7 Å². The molecule has 0 aliphatic heterocycles. The predicted octanol–water partition coefficient (Wildman–Crippen LogP) is 2.29. The molecular formula is C18H26N2O3. The van der Waals surface area contributed by atoms with Gasteiger partial charge in [0.25, 0.3) is 0 Å². The van der Waals surface area contributed by atoms with Crippen LogP contribution in [0.3, 0.4) is 0 Å². The maximum atomic E-state index is 12.8. The number of nitrogens with zero attached hydrogens (tertiary/aromatic N) is 1. The second-order valence-electron chi connectivity index (χ2n) is 6.56. The molecule has 0 radical (unpaired) electrons. The highest BCUT2D eigenvalue weighted by atomic mass is 16.3. The number of aryl methyl sites for hydroxylation is 1. The van der Waals surface area contributed by atoms with E-state index < -0.39 is 11.5 Å². The van der Waals surface area contributed by atoms with E-state index in [0.29, 0.717) is 12.8 Å². The summed E-state index contributed by atoms with van der Waals surface area (Å²) < 4.78 is 0. The van der Waals surface area contributed by atoms with Crippen molar-refractivity contribution in [2.24, 2.45) is 5.73 Å². The maximum Gasteiger partial charge on any atom is 0.229 e. The lowest BCUT2D eigenvalue weighted by Crippen LogP contribution is -2.41. The first-order valence-corrected chi connectivity index (χ1v) is 8.27. The lowest BCUT2D eigenvalue weighted by molar-refractivity contribution is -0.125. The highest BCUT2D eigenvalue weighted by molar-refractivity contribution is 5.94. The molecule has 0 unspecified atom stereocenters. The lowest BCUT2D eigenvalue weighted by atomic mass is 9.82. The molecule has 23 heavy (non-hydrogen) atoms. The summed E-state index contributed by atoms with van der Waals surface area (Å²) in [5, 5.41) is 10.6. The Morgan fingerprint density at radius 1 is 1.26 bits per heavy atom. The number of carbonyl (C=O) groups excluding carboxylic acids is 2. The van der Waals surface area contributed by atoms with Gasteiger partial charge in [0.1, 0.15) is 0 Å². The monoisotopic (exact) mass is 318 g/mol. The van der Waals surface area contributed by atoms with E-state index in [1.807, 2.05) is 31.2 Å². The highest BCUT2D eigenvalue weighted by Gasteiger charge is 2.33. The number of aliphatic hydroxyl groups is 1. The smallest absolute Gasteiger partial charge is 0.229 e. The Balaban J connectivity index is 2.15. The minimum atomic E-state index is -0.913. The van der Waals surface area contributed by atoms with Crippen molar-refractivity contribution < 1.29 is 14.7 Å². The molecule has 0 bridgehead atoms. The van der Waals surface area contributed by atoms with E-state index in [1.165, 1.54) is 0 Å². The molecule has 0 heterocycles. The molecule has 5 heteroatoms. The number of rotatable bonds is 6. The van der Waals surface area contributed by atoms with Crippen molar-refractivity contribution in [1.29, 1.82) is 0 Å². The fraction of sp³-hybridized carbons (Fsp3) is 0.556. The van der Waals surface area contributed by atoms with Crippen LogP contribution in [0, 0.1) is 6.92 Å². The van der Waals surface area contributed by atoms with Gasteiger partial charge in [-0.3, -0.25) is 9.59 Å². The Morgan fingerprint density at radius 3 is 2.57 bits per heavy atom. The van der Waals surface area contributed by atoms with Gasteiger partial charge in [0.05, 0.1) is 12.0 Å². The van der Waals surface area contributed by atoms with E-state index in [2.05, 4.69) is 0 Å². The van der Waals surface area contributed by atoms with Gasteiger partial charge in [-0.2, -0.15) is 0 Å². The van der Waals surface area contributed by atoms with Gasteiger partial charge in [-0.25, -0.2) is 0 Å². The molecular weight excluding hydrogens is 292 g/mol. The molecule has 126 valence electrons. The Kier molecular flexibility index (Phi) is 5.77. The standard InChI is InChI=1S/C18H26N2O3/c1-14-6-5-7-15(12-14)20(11-8-16(19)21)17(22)13-18(23)9-3-2-4-10-18/h5-7,12,23H,2-4,8-11,13H2,1H3,(H2,19,21). The molecule has 5 nitrogen and oxygen atoms in total. The molecule has 3 N–H and O–H groups in total. The Labute approximate surface area is 137 Å². The van der Waals surface area contributed by atoms with E-state index in [4.69, 9.17) is 5.73 Å². The van der Waals surface area contributed by atoms with Gasteiger partial charge in [0.15, 0.2) is 0 Å². The van der Waals surface area contributed by atoms with Crippen LogP contribution in [0.25, 0.3) is 0 Å². The number of amides is 2. The van der Waals surface area contributed by atoms with Crippen LogP contribution >= 0.6 is 0 Å². The number of anilines is 1. The van der Waals surface area contributed by atoms with E-state index in [1.54, 1.807) is 4.90 Å². The number of primary amides is 1. The Morgan fingerprint density at radius 2 is 1.96 bits per heavy atom. The first-order valence-electron chi connectivity index (χ1n) is 8.27. The third kappa shape index (κ3) is 5.06. The second kappa shape index (κ2) is 7.59. The second-order valence-corrected chi connectivity index (χ2v) is 6.56. The van der Waals surface area contributed by atoms with Crippen LogP contribution in [0.5, 0.6) is 0 Å². The highest BCUT2D eigenvalue weighted by Crippen LogP contribution is 2.32. The van der Waals surface area contributed by atoms with Crippen molar-refractivity contribution in [3.63, 3.8) is 0 Å². The Hall–Kier alpha value is -1.88. The molecule has 1 aliphatic carbocycles. The number of nitrogens with two attached hydrogens (primary N) is 1. The van der Waals surface area contributed by atoms with Gasteiger partial charge in [-0.15, -0.1) is 0 Å². The minimum absolute atomic E-state index is 0.0969. The zero-order valence-electron chi connectivity index (χ0n) is 13.8. The summed E-state index contributed by atoms with van der Waals surface area (Å²) in [4.78, 5) is 25.4. The van der Waals surface area contributed by atoms with E-state index in [9.17, 15) is 14.7 Å². The van der Waals surface area contributed by atoms with Crippen molar-refractivity contribution in [1.82, 2.24) is 0 Å². The summed E-state index contributed by atoms with van der Waals surface area (Å²) in [6.07, 6.45) is 4.55. The van der Waals surface area contributed by atoms with Crippen LogP contribution in [0.4, 0.5) is 5.69 Å². The maximum absolute atomic E-state index is 12.8. The third-order valence-electron chi connectivity index (χ3n) is 4.46. The SMILES string of the molecule is Cc1cccc(N(CCC(N)=O)C(=O)CC2(O)CCCCC2)c1. The Bertz CT molecular complexity index is 565. The third-order valence-corrected chi connectivity index (χ3v) is 4.46. The minimum Gasteiger partial charge on any atom is -0.389 e. The molecule has 1 aromatic carbocycles.